The molecule has 3 aromatic carbocycles. The maximum atomic E-state index is 13.7. The lowest BCUT2D eigenvalue weighted by atomic mass is 9.96. The van der Waals surface area contributed by atoms with Crippen molar-refractivity contribution in [3.8, 4) is 11.5 Å². The van der Waals surface area contributed by atoms with E-state index in [2.05, 4.69) is 0 Å². The van der Waals surface area contributed by atoms with Gasteiger partial charge in [-0.05, 0) is 38.0 Å². The number of halogens is 3. The van der Waals surface area contributed by atoms with Crippen LogP contribution >= 0.6 is 11.6 Å². The molecule has 0 aromatic heterocycles. The van der Waals surface area contributed by atoms with Gasteiger partial charge >= 0.3 is 12.6 Å². The molecule has 4 rings (SSSR count). The Bertz CT molecular complexity index is 1310. The lowest BCUT2D eigenvalue weighted by Crippen LogP contribution is -2.24. The highest BCUT2D eigenvalue weighted by Crippen LogP contribution is 2.47. The van der Waals surface area contributed by atoms with Crippen LogP contribution in [0.2, 0.25) is 5.02 Å². The van der Waals surface area contributed by atoms with E-state index in [0.29, 0.717) is 34.2 Å². The summed E-state index contributed by atoms with van der Waals surface area (Å²) in [4.78, 5) is 26.6. The van der Waals surface area contributed by atoms with Crippen molar-refractivity contribution < 1.29 is 33.0 Å². The van der Waals surface area contributed by atoms with E-state index in [-0.39, 0.29) is 34.5 Å². The third-order valence-electron chi connectivity index (χ3n) is 5.93. The fourth-order valence-electron chi connectivity index (χ4n) is 4.46. The number of alkyl halides is 2. The van der Waals surface area contributed by atoms with Gasteiger partial charge in [0.05, 0.1) is 34.8 Å². The average molecular weight is 504 g/mol. The number of rotatable bonds is 8. The highest BCUT2D eigenvalue weighted by Gasteiger charge is 2.38. The van der Waals surface area contributed by atoms with Gasteiger partial charge in [0.25, 0.3) is 5.91 Å². The van der Waals surface area contributed by atoms with Crippen molar-refractivity contribution in [1.82, 2.24) is 0 Å². The van der Waals surface area contributed by atoms with E-state index in [4.69, 9.17) is 21.1 Å². The number of hydrogen-bond acceptors (Lipinski definition) is 4. The first kappa shape index (κ1) is 24.7. The summed E-state index contributed by atoms with van der Waals surface area (Å²) in [5.41, 5.74) is 1.26. The van der Waals surface area contributed by atoms with E-state index < -0.39 is 24.4 Å². The second-order valence-electron chi connectivity index (χ2n) is 8.50. The number of anilines is 1. The molecule has 0 aliphatic carbocycles. The number of nitrogens with zero attached hydrogens (tertiary/aromatic N) is 1. The minimum Gasteiger partial charge on any atom is -0.490 e. The number of aliphatic carboxylic acids is 1. The Kier molecular flexibility index (Phi) is 6.85. The van der Waals surface area contributed by atoms with Crippen molar-refractivity contribution in [1.29, 1.82) is 0 Å². The molecule has 3 aromatic rings. The maximum Gasteiger partial charge on any atom is 0.387 e. The van der Waals surface area contributed by atoms with Gasteiger partial charge in [0, 0.05) is 16.3 Å². The minimum absolute atomic E-state index is 0.0648. The maximum absolute atomic E-state index is 13.7. The summed E-state index contributed by atoms with van der Waals surface area (Å²) >= 11 is 6.51. The molecule has 35 heavy (non-hydrogen) atoms. The molecule has 9 heteroatoms. The summed E-state index contributed by atoms with van der Waals surface area (Å²) in [6.07, 6.45) is 0.0895. The SMILES string of the molecule is CCC(C(=O)O)c1ccc(N2Cc3c(c(OC(C)C)c4ccccc4c3OC(F)F)C2=O)c(Cl)c1. The van der Waals surface area contributed by atoms with Crippen molar-refractivity contribution in [3.63, 3.8) is 0 Å². The van der Waals surface area contributed by atoms with Crippen LogP contribution in [0, 0.1) is 0 Å². The second kappa shape index (κ2) is 9.70. The molecule has 1 amide bonds. The smallest absolute Gasteiger partial charge is 0.387 e. The average Bonchev–Trinajstić information content (AvgIpc) is 3.13. The summed E-state index contributed by atoms with van der Waals surface area (Å²) in [5, 5.41) is 10.5. The topological polar surface area (TPSA) is 76.1 Å². The Morgan fingerprint density at radius 2 is 1.77 bits per heavy atom. The van der Waals surface area contributed by atoms with Crippen LogP contribution in [0.3, 0.4) is 0 Å². The van der Waals surface area contributed by atoms with Crippen LogP contribution in [0.5, 0.6) is 11.5 Å². The van der Waals surface area contributed by atoms with Gasteiger partial charge in [-0.3, -0.25) is 9.59 Å². The van der Waals surface area contributed by atoms with Crippen LogP contribution in [0.4, 0.5) is 14.5 Å². The number of carboxylic acids is 1. The third-order valence-corrected chi connectivity index (χ3v) is 6.23. The summed E-state index contributed by atoms with van der Waals surface area (Å²) < 4.78 is 37.7. The molecule has 0 radical (unpaired) electrons. The van der Waals surface area contributed by atoms with E-state index in [1.165, 1.54) is 11.0 Å². The largest absolute Gasteiger partial charge is 0.490 e. The molecular formula is C26H24ClF2NO5. The Morgan fingerprint density at radius 1 is 1.11 bits per heavy atom. The second-order valence-corrected chi connectivity index (χ2v) is 8.91. The van der Waals surface area contributed by atoms with Crippen LogP contribution in [-0.4, -0.2) is 29.7 Å². The number of hydrogen-bond donors (Lipinski definition) is 1. The quantitative estimate of drug-likeness (QED) is 0.374. The van der Waals surface area contributed by atoms with Crippen molar-refractivity contribution in [3.05, 3.63) is 64.2 Å². The molecule has 0 spiro atoms. The Labute approximate surface area is 206 Å². The fraction of sp³-hybridized carbons (Fsp3) is 0.308. The van der Waals surface area contributed by atoms with Gasteiger partial charge in [-0.1, -0.05) is 48.9 Å². The van der Waals surface area contributed by atoms with Crippen LogP contribution in [0.25, 0.3) is 10.8 Å². The number of amides is 1. The number of carboxylic acid groups (broad SMARTS) is 1. The van der Waals surface area contributed by atoms with E-state index >= 15 is 0 Å². The molecule has 0 saturated carbocycles. The van der Waals surface area contributed by atoms with Gasteiger partial charge in [0.1, 0.15) is 11.5 Å². The lowest BCUT2D eigenvalue weighted by molar-refractivity contribution is -0.138. The van der Waals surface area contributed by atoms with E-state index in [9.17, 15) is 23.5 Å². The summed E-state index contributed by atoms with van der Waals surface area (Å²) in [6, 6.07) is 11.5. The molecule has 0 saturated heterocycles. The van der Waals surface area contributed by atoms with Crippen molar-refractivity contribution in [2.75, 3.05) is 4.90 Å². The van der Waals surface area contributed by atoms with Crippen molar-refractivity contribution in [2.45, 2.75) is 52.4 Å². The fourth-order valence-corrected chi connectivity index (χ4v) is 4.75. The molecule has 0 fully saturated rings. The number of benzene rings is 3. The van der Waals surface area contributed by atoms with Gasteiger partial charge in [-0.25, -0.2) is 0 Å². The standard InChI is InChI=1S/C26H24ClF2NO5/c1-4-15(25(32)33)14-9-10-20(19(27)11-14)30-12-18-21(24(30)31)23(34-13(2)3)17-8-6-5-7-16(17)22(18)35-26(28)29/h5-11,13,15,26H,4,12H2,1-3H3,(H,32,33). The van der Waals surface area contributed by atoms with Crippen LogP contribution in [0.1, 0.15) is 54.6 Å². The Balaban J connectivity index is 1.88. The summed E-state index contributed by atoms with van der Waals surface area (Å²) in [5.74, 6) is -1.97. The van der Waals surface area contributed by atoms with Gasteiger partial charge in [0.15, 0.2) is 0 Å². The predicted octanol–water partition coefficient (Wildman–Crippen LogP) is 6.62. The first-order valence-corrected chi connectivity index (χ1v) is 11.5. The van der Waals surface area contributed by atoms with E-state index in [1.807, 2.05) is 13.8 Å². The van der Waals surface area contributed by atoms with Gasteiger partial charge in [0.2, 0.25) is 0 Å². The van der Waals surface area contributed by atoms with E-state index in [1.54, 1.807) is 43.3 Å². The lowest BCUT2D eigenvalue weighted by Gasteiger charge is -2.20. The van der Waals surface area contributed by atoms with Crippen molar-refractivity contribution in [2.24, 2.45) is 0 Å². The zero-order valence-electron chi connectivity index (χ0n) is 19.3. The molecular weight excluding hydrogens is 480 g/mol. The van der Waals surface area contributed by atoms with Gasteiger partial charge < -0.3 is 19.5 Å². The molecule has 184 valence electrons. The van der Waals surface area contributed by atoms with E-state index in [0.717, 1.165) is 0 Å². The van der Waals surface area contributed by atoms with Crippen LogP contribution < -0.4 is 14.4 Å². The molecule has 1 unspecified atom stereocenters. The zero-order chi connectivity index (χ0) is 25.4. The minimum atomic E-state index is -3.09. The molecule has 0 bridgehead atoms. The highest BCUT2D eigenvalue weighted by molar-refractivity contribution is 6.34. The number of fused-ring (bicyclic) bond motifs is 2. The molecule has 1 heterocycles. The normalized spacial score (nSPS) is 14.1. The summed E-state index contributed by atoms with van der Waals surface area (Å²) in [6.45, 7) is 2.22. The monoisotopic (exact) mass is 503 g/mol. The number of ether oxygens (including phenoxy) is 2. The third kappa shape index (κ3) is 4.50. The van der Waals surface area contributed by atoms with Crippen LogP contribution in [0.15, 0.2) is 42.5 Å². The van der Waals surface area contributed by atoms with Crippen LogP contribution in [-0.2, 0) is 11.3 Å². The Hall–Kier alpha value is -3.39. The molecule has 1 N–H and O–H groups in total. The van der Waals surface area contributed by atoms with Gasteiger partial charge in [-0.15, -0.1) is 0 Å². The molecule has 6 nitrogen and oxygen atoms in total. The molecule has 1 atom stereocenters. The van der Waals surface area contributed by atoms with Gasteiger partial charge in [-0.2, -0.15) is 8.78 Å². The summed E-state index contributed by atoms with van der Waals surface area (Å²) in [7, 11) is 0. The zero-order valence-corrected chi connectivity index (χ0v) is 20.1. The molecule has 1 aliphatic heterocycles. The Morgan fingerprint density at radius 3 is 2.31 bits per heavy atom. The first-order valence-electron chi connectivity index (χ1n) is 11.2. The highest BCUT2D eigenvalue weighted by atomic mass is 35.5. The molecule has 1 aliphatic rings. The first-order chi connectivity index (χ1) is 16.6. The number of carbonyl (C=O) groups excluding carboxylic acids is 1. The van der Waals surface area contributed by atoms with Crippen molar-refractivity contribution >= 4 is 39.9 Å². The number of carbonyl (C=O) groups is 2. The predicted molar refractivity (Wildman–Crippen MR) is 129 cm³/mol.